The summed E-state index contributed by atoms with van der Waals surface area (Å²) in [6.07, 6.45) is 3.16. The van der Waals surface area contributed by atoms with Gasteiger partial charge in [-0.05, 0) is 38.3 Å². The van der Waals surface area contributed by atoms with E-state index in [0.717, 1.165) is 54.6 Å². The Morgan fingerprint density at radius 2 is 1.96 bits per heavy atom. The monoisotopic (exact) mass is 329 g/mol. The SMILES string of the molecule is CCc1nnc(C2CCN(c3ccc4nnc(C)n4n3)CC2)s1. The lowest BCUT2D eigenvalue weighted by atomic mass is 9.98. The maximum atomic E-state index is 4.67. The lowest BCUT2D eigenvalue weighted by Gasteiger charge is -2.31. The van der Waals surface area contributed by atoms with Gasteiger partial charge in [0, 0.05) is 19.0 Å². The summed E-state index contributed by atoms with van der Waals surface area (Å²) < 4.78 is 1.81. The van der Waals surface area contributed by atoms with Crippen molar-refractivity contribution in [1.82, 2.24) is 30.0 Å². The molecule has 0 atom stereocenters. The lowest BCUT2D eigenvalue weighted by Crippen LogP contribution is -2.33. The highest BCUT2D eigenvalue weighted by atomic mass is 32.1. The summed E-state index contributed by atoms with van der Waals surface area (Å²) in [5.74, 6) is 2.34. The van der Waals surface area contributed by atoms with Gasteiger partial charge in [0.15, 0.2) is 11.5 Å². The van der Waals surface area contributed by atoms with Crippen LogP contribution in [0.4, 0.5) is 5.82 Å². The van der Waals surface area contributed by atoms with Crippen LogP contribution in [0.15, 0.2) is 12.1 Å². The normalized spacial score (nSPS) is 16.3. The zero-order valence-electron chi connectivity index (χ0n) is 13.3. The summed E-state index contributed by atoms with van der Waals surface area (Å²) in [5.41, 5.74) is 0.794. The highest BCUT2D eigenvalue weighted by molar-refractivity contribution is 7.11. The molecule has 0 saturated carbocycles. The van der Waals surface area contributed by atoms with Gasteiger partial charge >= 0.3 is 0 Å². The van der Waals surface area contributed by atoms with Gasteiger partial charge < -0.3 is 4.90 Å². The Balaban J connectivity index is 1.48. The second-order valence-corrected chi connectivity index (χ2v) is 6.95. The van der Waals surface area contributed by atoms with Crippen LogP contribution in [0, 0.1) is 6.92 Å². The molecule has 0 radical (unpaired) electrons. The Bertz CT molecular complexity index is 816. The van der Waals surface area contributed by atoms with Gasteiger partial charge in [-0.25, -0.2) is 0 Å². The topological polar surface area (TPSA) is 72.1 Å². The van der Waals surface area contributed by atoms with Gasteiger partial charge in [0.1, 0.15) is 15.8 Å². The summed E-state index contributed by atoms with van der Waals surface area (Å²) >= 11 is 1.76. The van der Waals surface area contributed by atoms with Crippen LogP contribution in [-0.2, 0) is 6.42 Å². The highest BCUT2D eigenvalue weighted by Gasteiger charge is 2.24. The van der Waals surface area contributed by atoms with E-state index in [2.05, 4.69) is 37.3 Å². The lowest BCUT2D eigenvalue weighted by molar-refractivity contribution is 0.496. The van der Waals surface area contributed by atoms with Crippen LogP contribution >= 0.6 is 11.3 Å². The quantitative estimate of drug-likeness (QED) is 0.734. The number of aromatic nitrogens is 6. The second kappa shape index (κ2) is 5.84. The van der Waals surface area contributed by atoms with Crippen molar-refractivity contribution < 1.29 is 0 Å². The molecule has 1 saturated heterocycles. The molecule has 0 aromatic carbocycles. The standard InChI is InChI=1S/C15H19N7S/c1-3-14-18-19-15(23-14)11-6-8-21(9-7-11)13-5-4-12-17-16-10(2)22(12)20-13/h4-5,11H,3,6-9H2,1-2H3. The minimum Gasteiger partial charge on any atom is -0.355 e. The molecule has 0 amide bonds. The number of anilines is 1. The first-order valence-corrected chi connectivity index (χ1v) is 8.82. The average molecular weight is 329 g/mol. The maximum Gasteiger partial charge on any atom is 0.178 e. The van der Waals surface area contributed by atoms with Crippen LogP contribution in [0.1, 0.15) is 41.5 Å². The summed E-state index contributed by atoms with van der Waals surface area (Å²) in [6, 6.07) is 4.01. The Labute approximate surface area is 138 Å². The molecule has 1 aliphatic rings. The molecule has 4 heterocycles. The van der Waals surface area contributed by atoms with E-state index in [1.54, 1.807) is 15.9 Å². The van der Waals surface area contributed by atoms with E-state index < -0.39 is 0 Å². The van der Waals surface area contributed by atoms with E-state index in [1.165, 1.54) is 5.01 Å². The summed E-state index contributed by atoms with van der Waals surface area (Å²) in [5, 5.41) is 23.8. The number of fused-ring (bicyclic) bond motifs is 1. The number of piperidine rings is 1. The maximum absolute atomic E-state index is 4.67. The molecule has 0 unspecified atom stereocenters. The summed E-state index contributed by atoms with van der Waals surface area (Å²) in [4.78, 5) is 2.33. The van der Waals surface area contributed by atoms with Crippen LogP contribution in [0.3, 0.4) is 0 Å². The molecule has 0 N–H and O–H groups in total. The first-order valence-electron chi connectivity index (χ1n) is 8.01. The van der Waals surface area contributed by atoms with Crippen molar-refractivity contribution in [1.29, 1.82) is 0 Å². The van der Waals surface area contributed by atoms with Crippen LogP contribution in [0.5, 0.6) is 0 Å². The van der Waals surface area contributed by atoms with Crippen LogP contribution in [0.2, 0.25) is 0 Å². The minimum absolute atomic E-state index is 0.532. The van der Waals surface area contributed by atoms with Gasteiger partial charge in [-0.1, -0.05) is 6.92 Å². The van der Waals surface area contributed by atoms with Gasteiger partial charge in [-0.2, -0.15) is 4.52 Å². The molecule has 3 aromatic heterocycles. The third-order valence-electron chi connectivity index (χ3n) is 4.36. The van der Waals surface area contributed by atoms with Crippen LogP contribution < -0.4 is 4.90 Å². The molecule has 4 rings (SSSR count). The van der Waals surface area contributed by atoms with Gasteiger partial charge in [0.25, 0.3) is 0 Å². The van der Waals surface area contributed by atoms with Gasteiger partial charge in [-0.3, -0.25) is 0 Å². The van der Waals surface area contributed by atoms with Crippen molar-refractivity contribution in [3.63, 3.8) is 0 Å². The number of rotatable bonds is 3. The highest BCUT2D eigenvalue weighted by Crippen LogP contribution is 2.31. The molecule has 0 aliphatic carbocycles. The first-order chi connectivity index (χ1) is 11.2. The van der Waals surface area contributed by atoms with E-state index >= 15 is 0 Å². The van der Waals surface area contributed by atoms with Crippen molar-refractivity contribution in [2.24, 2.45) is 0 Å². The molecule has 7 nitrogen and oxygen atoms in total. The molecule has 0 spiro atoms. The van der Waals surface area contributed by atoms with Crippen molar-refractivity contribution in [2.45, 2.75) is 39.0 Å². The van der Waals surface area contributed by atoms with Crippen molar-refractivity contribution >= 4 is 22.8 Å². The third kappa shape index (κ3) is 2.67. The Morgan fingerprint density at radius 1 is 1.13 bits per heavy atom. The Hall–Kier alpha value is -2.09. The van der Waals surface area contributed by atoms with Gasteiger partial charge in [0.2, 0.25) is 0 Å². The predicted molar refractivity (Wildman–Crippen MR) is 89.0 cm³/mol. The smallest absolute Gasteiger partial charge is 0.178 e. The molecule has 120 valence electrons. The Kier molecular flexibility index (Phi) is 3.68. The number of nitrogens with zero attached hydrogens (tertiary/aromatic N) is 7. The van der Waals surface area contributed by atoms with Gasteiger partial charge in [-0.15, -0.1) is 36.8 Å². The number of hydrogen-bond acceptors (Lipinski definition) is 7. The van der Waals surface area contributed by atoms with E-state index in [4.69, 9.17) is 0 Å². The number of aryl methyl sites for hydroxylation is 2. The fourth-order valence-electron chi connectivity index (χ4n) is 2.99. The summed E-state index contributed by atoms with van der Waals surface area (Å²) in [7, 11) is 0. The Morgan fingerprint density at radius 3 is 2.70 bits per heavy atom. The van der Waals surface area contributed by atoms with E-state index in [-0.39, 0.29) is 0 Å². The fourth-order valence-corrected chi connectivity index (χ4v) is 3.94. The second-order valence-electron chi connectivity index (χ2n) is 5.86. The van der Waals surface area contributed by atoms with E-state index in [1.807, 2.05) is 19.1 Å². The zero-order valence-corrected chi connectivity index (χ0v) is 14.1. The molecule has 23 heavy (non-hydrogen) atoms. The zero-order chi connectivity index (χ0) is 15.8. The van der Waals surface area contributed by atoms with Crippen LogP contribution in [0.25, 0.3) is 5.65 Å². The first kappa shape index (κ1) is 14.5. The molecular weight excluding hydrogens is 310 g/mol. The van der Waals surface area contributed by atoms with Crippen molar-refractivity contribution in [3.8, 4) is 0 Å². The van der Waals surface area contributed by atoms with E-state index in [9.17, 15) is 0 Å². The van der Waals surface area contributed by atoms with Crippen LogP contribution in [-0.4, -0.2) is 43.1 Å². The van der Waals surface area contributed by atoms with Crippen molar-refractivity contribution in [3.05, 3.63) is 28.0 Å². The molecule has 0 bridgehead atoms. The molecule has 1 aliphatic heterocycles. The molecule has 3 aromatic rings. The van der Waals surface area contributed by atoms with Crippen molar-refractivity contribution in [2.75, 3.05) is 18.0 Å². The molecule has 1 fully saturated rings. The summed E-state index contributed by atoms with van der Waals surface area (Å²) in [6.45, 7) is 6.03. The number of hydrogen-bond donors (Lipinski definition) is 0. The predicted octanol–water partition coefficient (Wildman–Crippen LogP) is 2.23. The average Bonchev–Trinajstić information content (AvgIpc) is 3.22. The molecular formula is C15H19N7S. The largest absolute Gasteiger partial charge is 0.355 e. The third-order valence-corrected chi connectivity index (χ3v) is 5.59. The van der Waals surface area contributed by atoms with E-state index in [0.29, 0.717) is 5.92 Å². The fraction of sp³-hybridized carbons (Fsp3) is 0.533. The minimum atomic E-state index is 0.532. The molecule has 8 heteroatoms. The van der Waals surface area contributed by atoms with Gasteiger partial charge in [0.05, 0.1) is 0 Å².